The number of carbonyl (C=O) groups excluding carboxylic acids is 2. The summed E-state index contributed by atoms with van der Waals surface area (Å²) < 4.78 is 4.77. The number of benzene rings is 1. The third-order valence-electron chi connectivity index (χ3n) is 3.92. The Hall–Kier alpha value is -3.30. The number of aromatic nitrogens is 1. The molecule has 0 aliphatic heterocycles. The molecule has 26 heavy (non-hydrogen) atoms. The summed E-state index contributed by atoms with van der Waals surface area (Å²) in [5, 5.41) is 9.57. The molecule has 0 saturated carbocycles. The van der Waals surface area contributed by atoms with Gasteiger partial charge in [-0.15, -0.1) is 11.3 Å². The molecule has 0 radical (unpaired) electrons. The summed E-state index contributed by atoms with van der Waals surface area (Å²) in [6, 6.07) is 10.7. The Labute approximate surface area is 154 Å². The van der Waals surface area contributed by atoms with Gasteiger partial charge in [0.15, 0.2) is 5.78 Å². The zero-order valence-electron chi connectivity index (χ0n) is 14.1. The Balaban J connectivity index is 1.88. The number of fused-ring (bicyclic) bond motifs is 1. The fourth-order valence-electron chi connectivity index (χ4n) is 2.46. The van der Waals surface area contributed by atoms with Crippen LogP contribution >= 0.6 is 11.3 Å². The van der Waals surface area contributed by atoms with Crippen LogP contribution in [0.4, 0.5) is 0 Å². The number of allylic oxidation sites excluding steroid dienone is 1. The molecule has 0 N–H and O–H groups in total. The van der Waals surface area contributed by atoms with Gasteiger partial charge in [0.2, 0.25) is 0 Å². The van der Waals surface area contributed by atoms with Gasteiger partial charge in [-0.3, -0.25) is 4.79 Å². The molecule has 3 rings (SSSR count). The molecule has 0 amide bonds. The van der Waals surface area contributed by atoms with Crippen LogP contribution in [0.3, 0.4) is 0 Å². The summed E-state index contributed by atoms with van der Waals surface area (Å²) in [6.45, 7) is 1.81. The Morgan fingerprint density at radius 2 is 2.00 bits per heavy atom. The number of hydrogen-bond donors (Lipinski definition) is 0. The topological polar surface area (TPSA) is 80.0 Å². The predicted octanol–water partition coefficient (Wildman–Crippen LogP) is 4.16. The molecule has 1 aromatic carbocycles. The molecule has 0 fully saturated rings. The number of thiophene rings is 1. The van der Waals surface area contributed by atoms with Crippen LogP contribution in [0.25, 0.3) is 16.3 Å². The number of nitriles is 1. The maximum Gasteiger partial charge on any atom is 0.348 e. The molecule has 128 valence electrons. The maximum atomic E-state index is 12.4. The van der Waals surface area contributed by atoms with E-state index in [1.165, 1.54) is 30.7 Å². The molecule has 0 aliphatic carbocycles. The quantitative estimate of drug-likeness (QED) is 0.395. The second-order valence-corrected chi connectivity index (χ2v) is 6.55. The first-order chi connectivity index (χ1) is 12.5. The van der Waals surface area contributed by atoms with Gasteiger partial charge < -0.3 is 4.74 Å². The molecule has 0 aliphatic rings. The Kier molecular flexibility index (Phi) is 4.92. The predicted molar refractivity (Wildman–Crippen MR) is 100 cm³/mol. The van der Waals surface area contributed by atoms with Crippen LogP contribution in [-0.2, 0) is 4.74 Å². The number of methoxy groups -OCH3 is 1. The highest BCUT2D eigenvalue weighted by atomic mass is 32.1. The Bertz CT molecular complexity index is 1070. The van der Waals surface area contributed by atoms with E-state index in [2.05, 4.69) is 11.1 Å². The largest absolute Gasteiger partial charge is 0.465 e. The normalized spacial score (nSPS) is 10.8. The van der Waals surface area contributed by atoms with E-state index in [0.717, 1.165) is 16.5 Å². The van der Waals surface area contributed by atoms with Gasteiger partial charge in [-0.05, 0) is 42.3 Å². The molecule has 0 saturated heterocycles. The summed E-state index contributed by atoms with van der Waals surface area (Å²) in [7, 11) is 1.34. The minimum absolute atomic E-state index is 0.186. The highest BCUT2D eigenvalue weighted by Crippen LogP contribution is 2.30. The van der Waals surface area contributed by atoms with Gasteiger partial charge in [0.25, 0.3) is 0 Å². The van der Waals surface area contributed by atoms with Crippen LogP contribution in [0.1, 0.15) is 36.7 Å². The van der Waals surface area contributed by atoms with E-state index in [1.54, 1.807) is 36.4 Å². The first-order valence-electron chi connectivity index (χ1n) is 7.73. The van der Waals surface area contributed by atoms with Crippen molar-refractivity contribution < 1.29 is 14.3 Å². The third kappa shape index (κ3) is 3.39. The number of pyridine rings is 1. The highest BCUT2D eigenvalue weighted by molar-refractivity contribution is 7.20. The average Bonchev–Trinajstić information content (AvgIpc) is 3.02. The van der Waals surface area contributed by atoms with E-state index in [4.69, 9.17) is 10.00 Å². The van der Waals surface area contributed by atoms with Crippen LogP contribution in [0.5, 0.6) is 0 Å². The van der Waals surface area contributed by atoms with Crippen LogP contribution in [0.2, 0.25) is 0 Å². The van der Waals surface area contributed by atoms with Crippen molar-refractivity contribution in [3.8, 4) is 6.07 Å². The van der Waals surface area contributed by atoms with Gasteiger partial charge in [0.1, 0.15) is 9.71 Å². The van der Waals surface area contributed by atoms with E-state index in [9.17, 15) is 9.59 Å². The van der Waals surface area contributed by atoms with E-state index >= 15 is 0 Å². The lowest BCUT2D eigenvalue weighted by Gasteiger charge is -1.98. The standard InChI is InChI=1S/C20H14N2O3S/c1-12-16-9-15(11-22-19(16)26-18(12)20(24)25-2)17(23)8-7-13-3-5-14(10-21)6-4-13/h3-9,11H,1-2H3/b8-7+. The van der Waals surface area contributed by atoms with Gasteiger partial charge in [-0.25, -0.2) is 9.78 Å². The van der Waals surface area contributed by atoms with Crippen LogP contribution in [0.15, 0.2) is 42.6 Å². The molecule has 2 heterocycles. The van der Waals surface area contributed by atoms with Crippen molar-refractivity contribution in [3.63, 3.8) is 0 Å². The number of aryl methyl sites for hydroxylation is 1. The molecule has 0 atom stereocenters. The molecular weight excluding hydrogens is 348 g/mol. The maximum absolute atomic E-state index is 12.4. The molecule has 6 heteroatoms. The number of nitrogens with zero attached hydrogens (tertiary/aromatic N) is 2. The summed E-state index contributed by atoms with van der Waals surface area (Å²) >= 11 is 1.25. The molecule has 5 nitrogen and oxygen atoms in total. The third-order valence-corrected chi connectivity index (χ3v) is 5.11. The van der Waals surface area contributed by atoms with Crippen LogP contribution in [-0.4, -0.2) is 23.8 Å². The Morgan fingerprint density at radius 1 is 1.27 bits per heavy atom. The van der Waals surface area contributed by atoms with Gasteiger partial charge in [0, 0.05) is 17.1 Å². The average molecular weight is 362 g/mol. The molecule has 3 aromatic rings. The molecule has 0 bridgehead atoms. The van der Waals surface area contributed by atoms with Crippen molar-refractivity contribution in [1.29, 1.82) is 5.26 Å². The number of esters is 1. The second-order valence-electron chi connectivity index (χ2n) is 5.56. The van der Waals surface area contributed by atoms with Crippen molar-refractivity contribution in [3.05, 3.63) is 69.7 Å². The van der Waals surface area contributed by atoms with Crippen molar-refractivity contribution in [2.45, 2.75) is 6.92 Å². The van der Waals surface area contributed by atoms with Gasteiger partial charge in [-0.1, -0.05) is 18.2 Å². The number of ketones is 1. The van der Waals surface area contributed by atoms with E-state index in [-0.39, 0.29) is 5.78 Å². The summed E-state index contributed by atoms with van der Waals surface area (Å²) in [5.41, 5.74) is 2.60. The molecule has 0 spiro atoms. The van der Waals surface area contributed by atoms with Gasteiger partial charge in [0.05, 0.1) is 18.7 Å². The first-order valence-corrected chi connectivity index (χ1v) is 8.55. The molecule has 2 aromatic heterocycles. The van der Waals surface area contributed by atoms with E-state index < -0.39 is 5.97 Å². The molecule has 0 unspecified atom stereocenters. The first kappa shape index (κ1) is 17.5. The molecular formula is C20H14N2O3S. The number of rotatable bonds is 4. The fraction of sp³-hybridized carbons (Fsp3) is 0.100. The highest BCUT2D eigenvalue weighted by Gasteiger charge is 2.17. The second kappa shape index (κ2) is 7.30. The monoisotopic (exact) mass is 362 g/mol. The lowest BCUT2D eigenvalue weighted by molar-refractivity contribution is 0.0605. The smallest absolute Gasteiger partial charge is 0.348 e. The minimum atomic E-state index is -0.404. The van der Waals surface area contributed by atoms with Crippen LogP contribution < -0.4 is 0 Å². The lowest BCUT2D eigenvalue weighted by atomic mass is 10.1. The zero-order valence-corrected chi connectivity index (χ0v) is 15.0. The minimum Gasteiger partial charge on any atom is -0.465 e. The van der Waals surface area contributed by atoms with Gasteiger partial charge >= 0.3 is 5.97 Å². The van der Waals surface area contributed by atoms with Crippen molar-refractivity contribution >= 4 is 39.4 Å². The van der Waals surface area contributed by atoms with Gasteiger partial charge in [-0.2, -0.15) is 5.26 Å². The van der Waals surface area contributed by atoms with Crippen molar-refractivity contribution in [1.82, 2.24) is 4.98 Å². The summed E-state index contributed by atoms with van der Waals surface area (Å²) in [5.74, 6) is -0.590. The SMILES string of the molecule is COC(=O)c1sc2ncc(C(=O)/C=C/c3ccc(C#N)cc3)cc2c1C. The van der Waals surface area contributed by atoms with Crippen molar-refractivity contribution in [2.24, 2.45) is 0 Å². The summed E-state index contributed by atoms with van der Waals surface area (Å²) in [6.07, 6.45) is 4.66. The van der Waals surface area contributed by atoms with Crippen molar-refractivity contribution in [2.75, 3.05) is 7.11 Å². The number of hydrogen-bond acceptors (Lipinski definition) is 6. The van der Waals surface area contributed by atoms with E-state index in [0.29, 0.717) is 20.8 Å². The lowest BCUT2D eigenvalue weighted by Crippen LogP contribution is -1.99. The fourth-order valence-corrected chi connectivity index (χ4v) is 3.51. The Morgan fingerprint density at radius 3 is 2.65 bits per heavy atom. The number of carbonyl (C=O) groups is 2. The summed E-state index contributed by atoms with van der Waals surface area (Å²) in [4.78, 5) is 29.7. The zero-order chi connectivity index (χ0) is 18.7. The van der Waals surface area contributed by atoms with E-state index in [1.807, 2.05) is 6.92 Å². The van der Waals surface area contributed by atoms with Crippen LogP contribution in [0, 0.1) is 18.3 Å². The number of ether oxygens (including phenoxy) is 1.